The molecule has 17 heavy (non-hydrogen) atoms. The predicted molar refractivity (Wildman–Crippen MR) is 55.4 cm³/mol. The quantitative estimate of drug-likeness (QED) is 0.649. The number of hydrogen-bond acceptors (Lipinski definition) is 2. The maximum atomic E-state index is 12.6. The van der Waals surface area contributed by atoms with E-state index in [0.29, 0.717) is 11.5 Å². The summed E-state index contributed by atoms with van der Waals surface area (Å²) in [5.41, 5.74) is 2.02. The Labute approximate surface area is 97.0 Å². The second kappa shape index (κ2) is 3.71. The summed E-state index contributed by atoms with van der Waals surface area (Å²) >= 11 is 0. The van der Waals surface area contributed by atoms with Crippen LogP contribution in [-0.2, 0) is 11.3 Å². The molecule has 1 aromatic rings. The summed E-state index contributed by atoms with van der Waals surface area (Å²) in [5, 5.41) is 0. The Morgan fingerprint density at radius 1 is 1.18 bits per heavy atom. The summed E-state index contributed by atoms with van der Waals surface area (Å²) in [6.07, 6.45) is -4.58. The van der Waals surface area contributed by atoms with Gasteiger partial charge in [0.15, 0.2) is 0 Å². The van der Waals surface area contributed by atoms with E-state index in [-0.39, 0.29) is 25.1 Å². The van der Waals surface area contributed by atoms with Crippen molar-refractivity contribution in [2.45, 2.75) is 24.9 Å². The Bertz CT molecular complexity index is 432. The average molecular weight is 243 g/mol. The van der Waals surface area contributed by atoms with Crippen LogP contribution in [0.4, 0.5) is 13.2 Å². The van der Waals surface area contributed by atoms with Gasteiger partial charge >= 0.3 is 6.30 Å². The van der Waals surface area contributed by atoms with E-state index in [1.807, 2.05) is 24.3 Å². The van der Waals surface area contributed by atoms with E-state index < -0.39 is 6.30 Å². The largest absolute Gasteiger partial charge is 0.460 e. The van der Waals surface area contributed by atoms with E-state index in [9.17, 15) is 13.2 Å². The van der Waals surface area contributed by atoms with Gasteiger partial charge in [-0.25, -0.2) is 4.90 Å². The highest BCUT2D eigenvalue weighted by molar-refractivity contribution is 5.34. The van der Waals surface area contributed by atoms with Crippen LogP contribution < -0.4 is 0 Å². The molecule has 3 rings (SSSR count). The molecule has 0 bridgehead atoms. The number of alkyl halides is 3. The van der Waals surface area contributed by atoms with Gasteiger partial charge in [0.05, 0.1) is 12.7 Å². The van der Waals surface area contributed by atoms with E-state index in [1.54, 1.807) is 0 Å². The minimum atomic E-state index is -4.25. The lowest BCUT2D eigenvalue weighted by molar-refractivity contribution is -0.240. The maximum Gasteiger partial charge on any atom is 0.460 e. The Balaban J connectivity index is 1.90. The van der Waals surface area contributed by atoms with Crippen molar-refractivity contribution < 1.29 is 17.9 Å². The number of halogens is 3. The summed E-state index contributed by atoms with van der Waals surface area (Å²) in [5.74, 6) is -0.151. The molecule has 0 N–H and O–H groups in total. The van der Waals surface area contributed by atoms with Gasteiger partial charge in [-0.15, -0.1) is 0 Å². The zero-order valence-electron chi connectivity index (χ0n) is 9.07. The van der Waals surface area contributed by atoms with Crippen LogP contribution in [0.3, 0.4) is 0 Å². The van der Waals surface area contributed by atoms with Crippen LogP contribution in [0.1, 0.15) is 17.0 Å². The number of fused-ring (bicyclic) bond motifs is 3. The molecular weight excluding hydrogens is 231 g/mol. The highest BCUT2D eigenvalue weighted by Gasteiger charge is 2.48. The minimum absolute atomic E-state index is 0.00514. The van der Waals surface area contributed by atoms with Gasteiger partial charge in [0.25, 0.3) is 0 Å². The highest BCUT2D eigenvalue weighted by Crippen LogP contribution is 2.40. The van der Waals surface area contributed by atoms with Crippen molar-refractivity contribution in [3.63, 3.8) is 0 Å². The fourth-order valence-corrected chi connectivity index (χ4v) is 2.67. The Morgan fingerprint density at radius 3 is 2.71 bits per heavy atom. The Hall–Kier alpha value is -1.07. The molecule has 2 atom stereocenters. The third-order valence-electron chi connectivity index (χ3n) is 3.53. The van der Waals surface area contributed by atoms with E-state index in [0.717, 1.165) is 11.1 Å². The van der Waals surface area contributed by atoms with Crippen molar-refractivity contribution in [1.82, 2.24) is 4.90 Å². The summed E-state index contributed by atoms with van der Waals surface area (Å²) < 4.78 is 43.5. The van der Waals surface area contributed by atoms with Crippen LogP contribution in [0.15, 0.2) is 24.3 Å². The van der Waals surface area contributed by atoms with E-state index in [4.69, 9.17) is 4.74 Å². The molecule has 1 fully saturated rings. The number of benzene rings is 1. The topological polar surface area (TPSA) is 12.5 Å². The molecule has 1 aromatic carbocycles. The van der Waals surface area contributed by atoms with E-state index in [2.05, 4.69) is 0 Å². The van der Waals surface area contributed by atoms with Crippen molar-refractivity contribution in [1.29, 1.82) is 0 Å². The third-order valence-corrected chi connectivity index (χ3v) is 3.53. The molecule has 92 valence electrons. The van der Waals surface area contributed by atoms with Gasteiger partial charge in [-0.05, 0) is 11.1 Å². The summed E-state index contributed by atoms with van der Waals surface area (Å²) in [6, 6.07) is 7.59. The van der Waals surface area contributed by atoms with Gasteiger partial charge in [-0.1, -0.05) is 24.3 Å². The molecule has 2 aliphatic heterocycles. The number of hydrogen-bond donors (Lipinski definition) is 0. The van der Waals surface area contributed by atoms with Crippen LogP contribution in [0.5, 0.6) is 0 Å². The molecule has 2 heterocycles. The molecule has 0 saturated carbocycles. The fourth-order valence-electron chi connectivity index (χ4n) is 2.67. The van der Waals surface area contributed by atoms with Gasteiger partial charge < -0.3 is 4.74 Å². The SMILES string of the molecule is FC(F)(F)N1CC2OCc3ccccc3C2C1. The van der Waals surface area contributed by atoms with Crippen LogP contribution in [0, 0.1) is 0 Å². The summed E-state index contributed by atoms with van der Waals surface area (Å²) in [7, 11) is 0. The van der Waals surface area contributed by atoms with Crippen molar-refractivity contribution in [2.24, 2.45) is 0 Å². The molecule has 5 heteroatoms. The molecule has 0 aliphatic carbocycles. The zero-order valence-corrected chi connectivity index (χ0v) is 9.07. The smallest absolute Gasteiger partial charge is 0.372 e. The molecule has 1 saturated heterocycles. The Morgan fingerprint density at radius 2 is 1.94 bits per heavy atom. The van der Waals surface area contributed by atoms with Crippen molar-refractivity contribution in [3.05, 3.63) is 35.4 Å². The first-order valence-electron chi connectivity index (χ1n) is 5.57. The second-order valence-electron chi connectivity index (χ2n) is 4.53. The van der Waals surface area contributed by atoms with Crippen LogP contribution in [-0.4, -0.2) is 30.4 Å². The van der Waals surface area contributed by atoms with Crippen molar-refractivity contribution in [2.75, 3.05) is 13.1 Å². The zero-order chi connectivity index (χ0) is 12.0. The Kier molecular flexibility index (Phi) is 2.41. The lowest BCUT2D eigenvalue weighted by atomic mass is 9.90. The highest BCUT2D eigenvalue weighted by atomic mass is 19.4. The first-order valence-corrected chi connectivity index (χ1v) is 5.57. The van der Waals surface area contributed by atoms with Crippen LogP contribution >= 0.6 is 0 Å². The number of likely N-dealkylation sites (tertiary alicyclic amines) is 1. The monoisotopic (exact) mass is 243 g/mol. The fraction of sp³-hybridized carbons (Fsp3) is 0.500. The van der Waals surface area contributed by atoms with Gasteiger partial charge in [-0.2, -0.15) is 13.2 Å². The van der Waals surface area contributed by atoms with Gasteiger partial charge in [-0.3, -0.25) is 0 Å². The summed E-state index contributed by atoms with van der Waals surface area (Å²) in [6.45, 7) is 0.372. The molecular formula is C12H12F3NO. The second-order valence-corrected chi connectivity index (χ2v) is 4.53. The molecule has 0 aromatic heterocycles. The number of nitrogens with zero attached hydrogens (tertiary/aromatic N) is 1. The molecule has 0 radical (unpaired) electrons. The molecule has 2 unspecified atom stereocenters. The minimum Gasteiger partial charge on any atom is -0.372 e. The van der Waals surface area contributed by atoms with E-state index >= 15 is 0 Å². The molecule has 0 spiro atoms. The third kappa shape index (κ3) is 1.83. The lowest BCUT2D eigenvalue weighted by Gasteiger charge is -2.27. The molecule has 2 nitrogen and oxygen atoms in total. The first kappa shape index (κ1) is 11.0. The summed E-state index contributed by atoms with van der Waals surface area (Å²) in [4.78, 5) is 0.546. The van der Waals surface area contributed by atoms with Crippen LogP contribution in [0.25, 0.3) is 0 Å². The van der Waals surface area contributed by atoms with Gasteiger partial charge in [0, 0.05) is 19.0 Å². The van der Waals surface area contributed by atoms with E-state index in [1.165, 1.54) is 0 Å². The molecule has 0 amide bonds. The number of rotatable bonds is 0. The van der Waals surface area contributed by atoms with Crippen molar-refractivity contribution in [3.8, 4) is 0 Å². The van der Waals surface area contributed by atoms with Crippen molar-refractivity contribution >= 4 is 0 Å². The first-order chi connectivity index (χ1) is 8.05. The maximum absolute atomic E-state index is 12.6. The van der Waals surface area contributed by atoms with Gasteiger partial charge in [0.2, 0.25) is 0 Å². The predicted octanol–water partition coefficient (Wildman–Crippen LogP) is 2.50. The lowest BCUT2D eigenvalue weighted by Crippen LogP contribution is -2.36. The average Bonchev–Trinajstić information content (AvgIpc) is 2.72. The molecule has 2 aliphatic rings. The number of ether oxygens (including phenoxy) is 1. The van der Waals surface area contributed by atoms with Crippen LogP contribution in [0.2, 0.25) is 0 Å². The standard InChI is InChI=1S/C12H12F3NO/c13-12(14,15)16-5-10-9-4-2-1-3-8(9)7-17-11(10)6-16/h1-4,10-11H,5-7H2. The van der Waals surface area contributed by atoms with Gasteiger partial charge in [0.1, 0.15) is 0 Å². The normalized spacial score (nSPS) is 28.9.